The molecule has 2 rings (SSSR count). The molecule has 5 heteroatoms. The molecule has 2 fully saturated rings. The number of ether oxygens (including phenoxy) is 1. The molecule has 2 N–H and O–H groups in total. The molecule has 0 aromatic rings. The smallest absolute Gasteiger partial charge is 0.407 e. The maximum Gasteiger partial charge on any atom is 0.407 e. The van der Waals surface area contributed by atoms with Crippen molar-refractivity contribution in [2.45, 2.75) is 45.3 Å². The number of carboxylic acid groups (broad SMARTS) is 1. The lowest BCUT2D eigenvalue weighted by Crippen LogP contribution is -2.39. The molecule has 3 unspecified atom stereocenters. The predicted molar refractivity (Wildman–Crippen MR) is 60.5 cm³/mol. The van der Waals surface area contributed by atoms with E-state index in [1.807, 2.05) is 0 Å². The Morgan fingerprint density at radius 1 is 1.24 bits per heavy atom. The van der Waals surface area contributed by atoms with E-state index in [2.05, 4.69) is 5.32 Å². The van der Waals surface area contributed by atoms with Gasteiger partial charge in [-0.1, -0.05) is 0 Å². The first-order valence-corrected chi connectivity index (χ1v) is 6.00. The van der Waals surface area contributed by atoms with Gasteiger partial charge in [0.05, 0.1) is 5.92 Å². The van der Waals surface area contributed by atoms with Gasteiger partial charge in [0.2, 0.25) is 0 Å². The first kappa shape index (κ1) is 12.2. The Morgan fingerprint density at radius 3 is 2.35 bits per heavy atom. The van der Waals surface area contributed by atoms with Crippen LogP contribution >= 0.6 is 0 Å². The molecule has 96 valence electrons. The van der Waals surface area contributed by atoms with Crippen molar-refractivity contribution in [3.05, 3.63) is 0 Å². The van der Waals surface area contributed by atoms with Crippen LogP contribution in [-0.4, -0.2) is 28.8 Å². The van der Waals surface area contributed by atoms with Gasteiger partial charge in [0, 0.05) is 6.04 Å². The number of carbonyl (C=O) groups is 2. The second-order valence-electron chi connectivity index (χ2n) is 6.00. The Balaban J connectivity index is 1.86. The average Bonchev–Trinajstić information content (AvgIpc) is 2.82. The lowest BCUT2D eigenvalue weighted by atomic mass is 10.0. The van der Waals surface area contributed by atoms with Crippen LogP contribution in [0.1, 0.15) is 33.6 Å². The van der Waals surface area contributed by atoms with Gasteiger partial charge in [0.1, 0.15) is 5.60 Å². The summed E-state index contributed by atoms with van der Waals surface area (Å²) in [5, 5.41) is 11.8. The summed E-state index contributed by atoms with van der Waals surface area (Å²) in [4.78, 5) is 22.5. The summed E-state index contributed by atoms with van der Waals surface area (Å²) in [5.41, 5.74) is -0.516. The predicted octanol–water partition coefficient (Wildman–Crippen LogP) is 1.62. The van der Waals surface area contributed by atoms with Crippen LogP contribution in [-0.2, 0) is 9.53 Å². The molecule has 0 saturated heterocycles. The highest BCUT2D eigenvalue weighted by Crippen LogP contribution is 2.55. The van der Waals surface area contributed by atoms with Crippen LogP contribution in [0.2, 0.25) is 0 Å². The minimum Gasteiger partial charge on any atom is -0.481 e. The molecule has 2 aliphatic carbocycles. The van der Waals surface area contributed by atoms with Gasteiger partial charge in [-0.15, -0.1) is 0 Å². The molecule has 0 heterocycles. The lowest BCUT2D eigenvalue weighted by Gasteiger charge is -2.22. The summed E-state index contributed by atoms with van der Waals surface area (Å²) in [7, 11) is 0. The van der Waals surface area contributed by atoms with Crippen molar-refractivity contribution in [2.75, 3.05) is 0 Å². The van der Waals surface area contributed by atoms with E-state index in [-0.39, 0.29) is 17.9 Å². The number of fused-ring (bicyclic) bond motifs is 1. The van der Waals surface area contributed by atoms with Gasteiger partial charge in [-0.3, -0.25) is 4.79 Å². The topological polar surface area (TPSA) is 75.6 Å². The minimum atomic E-state index is -0.744. The molecular weight excluding hydrogens is 222 g/mol. The number of carbonyl (C=O) groups excluding carboxylic acids is 1. The fourth-order valence-corrected chi connectivity index (χ4v) is 2.69. The van der Waals surface area contributed by atoms with Crippen molar-refractivity contribution in [1.29, 1.82) is 0 Å². The van der Waals surface area contributed by atoms with Crippen LogP contribution in [0.4, 0.5) is 4.79 Å². The number of rotatable bonds is 2. The number of hydrogen-bond donors (Lipinski definition) is 2. The van der Waals surface area contributed by atoms with E-state index in [1.54, 1.807) is 20.8 Å². The van der Waals surface area contributed by atoms with Gasteiger partial charge in [-0.25, -0.2) is 4.79 Å². The van der Waals surface area contributed by atoms with Gasteiger partial charge < -0.3 is 15.2 Å². The molecule has 0 spiro atoms. The maximum atomic E-state index is 11.6. The Hall–Kier alpha value is -1.26. The number of nitrogens with one attached hydrogen (secondary N) is 1. The third-order valence-electron chi connectivity index (χ3n) is 3.45. The summed E-state index contributed by atoms with van der Waals surface area (Å²) in [6, 6.07) is -0.0315. The van der Waals surface area contributed by atoms with Crippen molar-refractivity contribution >= 4 is 12.1 Å². The molecule has 1 amide bonds. The number of carboxylic acids is 1. The van der Waals surface area contributed by atoms with Crippen LogP contribution in [0.3, 0.4) is 0 Å². The summed E-state index contributed by atoms with van der Waals surface area (Å²) in [6.45, 7) is 5.42. The fourth-order valence-electron chi connectivity index (χ4n) is 2.69. The van der Waals surface area contributed by atoms with Crippen molar-refractivity contribution in [3.63, 3.8) is 0 Å². The molecule has 2 aliphatic rings. The first-order valence-electron chi connectivity index (χ1n) is 6.00. The van der Waals surface area contributed by atoms with Crippen LogP contribution in [0.5, 0.6) is 0 Å². The summed E-state index contributed by atoms with van der Waals surface area (Å²) < 4.78 is 5.16. The summed E-state index contributed by atoms with van der Waals surface area (Å²) >= 11 is 0. The average molecular weight is 241 g/mol. The zero-order valence-corrected chi connectivity index (χ0v) is 10.4. The van der Waals surface area contributed by atoms with Crippen LogP contribution < -0.4 is 5.32 Å². The van der Waals surface area contributed by atoms with E-state index in [0.717, 1.165) is 6.42 Å². The Kier molecular flexibility index (Phi) is 2.79. The Labute approximate surface area is 101 Å². The highest BCUT2D eigenvalue weighted by atomic mass is 16.6. The van der Waals surface area contributed by atoms with Crippen molar-refractivity contribution in [3.8, 4) is 0 Å². The molecule has 17 heavy (non-hydrogen) atoms. The molecule has 4 atom stereocenters. The van der Waals surface area contributed by atoms with Gasteiger partial charge >= 0.3 is 12.1 Å². The van der Waals surface area contributed by atoms with E-state index in [9.17, 15) is 9.59 Å². The molecule has 0 radical (unpaired) electrons. The molecule has 0 aromatic heterocycles. The molecule has 5 nitrogen and oxygen atoms in total. The van der Waals surface area contributed by atoms with Gasteiger partial charge in [0.25, 0.3) is 0 Å². The molecule has 0 bridgehead atoms. The van der Waals surface area contributed by atoms with Crippen LogP contribution in [0, 0.1) is 17.8 Å². The quantitative estimate of drug-likeness (QED) is 0.770. The number of hydrogen-bond acceptors (Lipinski definition) is 3. The largest absolute Gasteiger partial charge is 0.481 e. The monoisotopic (exact) mass is 241 g/mol. The van der Waals surface area contributed by atoms with E-state index < -0.39 is 17.7 Å². The second-order valence-corrected chi connectivity index (χ2v) is 6.00. The van der Waals surface area contributed by atoms with Crippen LogP contribution in [0.25, 0.3) is 0 Å². The molecule has 2 saturated carbocycles. The fraction of sp³-hybridized carbons (Fsp3) is 0.833. The molecule has 0 aromatic carbocycles. The van der Waals surface area contributed by atoms with Gasteiger partial charge in [-0.05, 0) is 45.4 Å². The minimum absolute atomic E-state index is 0.0315. The normalized spacial score (nSPS) is 35.0. The van der Waals surface area contributed by atoms with Gasteiger partial charge in [-0.2, -0.15) is 0 Å². The summed E-state index contributed by atoms with van der Waals surface area (Å²) in [6.07, 6.45) is 1.00. The zero-order chi connectivity index (χ0) is 12.8. The Morgan fingerprint density at radius 2 is 1.88 bits per heavy atom. The van der Waals surface area contributed by atoms with Crippen molar-refractivity contribution in [2.24, 2.45) is 17.8 Å². The van der Waals surface area contributed by atoms with E-state index in [1.165, 1.54) is 0 Å². The van der Waals surface area contributed by atoms with Crippen molar-refractivity contribution < 1.29 is 19.4 Å². The highest BCUT2D eigenvalue weighted by Gasteiger charge is 2.57. The maximum absolute atomic E-state index is 11.6. The van der Waals surface area contributed by atoms with E-state index >= 15 is 0 Å². The first-order chi connectivity index (χ1) is 7.78. The van der Waals surface area contributed by atoms with Gasteiger partial charge in [0.15, 0.2) is 0 Å². The number of amides is 1. The number of aliphatic carboxylic acids is 1. The standard InChI is InChI=1S/C12H19NO4/c1-12(2,3)17-11(16)13-9-5-8(10(14)15)6-4-7(6)9/h6-9H,4-5H2,1-3H3,(H,13,16)(H,14,15)/t6-,7?,8?,9?/m0/s1. The third-order valence-corrected chi connectivity index (χ3v) is 3.45. The highest BCUT2D eigenvalue weighted by molar-refractivity contribution is 5.73. The van der Waals surface area contributed by atoms with E-state index in [4.69, 9.17) is 9.84 Å². The molecule has 0 aliphatic heterocycles. The molecular formula is C12H19NO4. The number of alkyl carbamates (subject to hydrolysis) is 1. The van der Waals surface area contributed by atoms with Crippen LogP contribution in [0.15, 0.2) is 0 Å². The lowest BCUT2D eigenvalue weighted by molar-refractivity contribution is -0.142. The zero-order valence-electron chi connectivity index (χ0n) is 10.4. The second kappa shape index (κ2) is 3.89. The van der Waals surface area contributed by atoms with Crippen molar-refractivity contribution in [1.82, 2.24) is 5.32 Å². The third kappa shape index (κ3) is 2.70. The summed E-state index contributed by atoms with van der Waals surface area (Å²) in [5.74, 6) is -0.443. The Bertz CT molecular complexity index is 347. The van der Waals surface area contributed by atoms with E-state index in [0.29, 0.717) is 12.3 Å². The SMILES string of the molecule is CC(C)(C)OC(=O)NC1CC(C(=O)O)[C@H]2CC12.